The van der Waals surface area contributed by atoms with Crippen molar-refractivity contribution in [3.8, 4) is 11.5 Å². The number of nitrogens with one attached hydrogen (secondary N) is 1. The number of amides is 1. The summed E-state index contributed by atoms with van der Waals surface area (Å²) in [6.07, 6.45) is 8.08. The number of carbonyl (C=O) groups excluding carboxylic acids is 2. The lowest BCUT2D eigenvalue weighted by atomic mass is 9.95. The van der Waals surface area contributed by atoms with Crippen molar-refractivity contribution in [3.05, 3.63) is 74.6 Å². The maximum absolute atomic E-state index is 12.6. The van der Waals surface area contributed by atoms with E-state index in [-0.39, 0.29) is 22.9 Å². The van der Waals surface area contributed by atoms with Crippen LogP contribution in [0.25, 0.3) is 17.0 Å². The van der Waals surface area contributed by atoms with Crippen molar-refractivity contribution in [2.24, 2.45) is 0 Å². The lowest BCUT2D eigenvalue weighted by Gasteiger charge is -2.22. The SMILES string of the molecule is COc1ccc(/C=C/C(=O)Oc2ccc3cc(C(=O)NC4CCCCC4)c(=O)oc3c2)cc1Br. The van der Waals surface area contributed by atoms with Crippen LogP contribution in [-0.2, 0) is 4.79 Å². The molecule has 0 aliphatic heterocycles. The second-order valence-corrected chi connectivity index (χ2v) is 8.96. The van der Waals surface area contributed by atoms with Gasteiger partial charge in [0.15, 0.2) is 0 Å². The summed E-state index contributed by atoms with van der Waals surface area (Å²) in [4.78, 5) is 37.2. The average molecular weight is 526 g/mol. The van der Waals surface area contributed by atoms with Gasteiger partial charge in [-0.1, -0.05) is 25.3 Å². The number of fused-ring (bicyclic) bond motifs is 1. The van der Waals surface area contributed by atoms with E-state index >= 15 is 0 Å². The maximum Gasteiger partial charge on any atom is 0.349 e. The highest BCUT2D eigenvalue weighted by Gasteiger charge is 2.20. The molecule has 8 heteroatoms. The molecule has 0 bridgehead atoms. The van der Waals surface area contributed by atoms with Crippen LogP contribution in [0.1, 0.15) is 48.0 Å². The Bertz CT molecular complexity index is 1310. The number of hydrogen-bond acceptors (Lipinski definition) is 6. The molecule has 0 saturated heterocycles. The molecule has 1 fully saturated rings. The number of methoxy groups -OCH3 is 1. The van der Waals surface area contributed by atoms with Gasteiger partial charge in [0.2, 0.25) is 0 Å². The zero-order valence-electron chi connectivity index (χ0n) is 18.6. The molecule has 7 nitrogen and oxygen atoms in total. The van der Waals surface area contributed by atoms with Crippen LogP contribution < -0.4 is 20.4 Å². The quantitative estimate of drug-likeness (QED) is 0.204. The van der Waals surface area contributed by atoms with Crippen LogP contribution >= 0.6 is 15.9 Å². The Balaban J connectivity index is 1.45. The summed E-state index contributed by atoms with van der Waals surface area (Å²) in [5.74, 6) is -0.0990. The Morgan fingerprint density at radius 2 is 1.88 bits per heavy atom. The van der Waals surface area contributed by atoms with Gasteiger partial charge in [0.25, 0.3) is 5.91 Å². The van der Waals surface area contributed by atoms with E-state index in [1.807, 2.05) is 6.07 Å². The van der Waals surface area contributed by atoms with Crippen LogP contribution in [0.5, 0.6) is 11.5 Å². The molecule has 0 atom stereocenters. The van der Waals surface area contributed by atoms with Crippen molar-refractivity contribution in [2.75, 3.05) is 7.11 Å². The van der Waals surface area contributed by atoms with Crippen molar-refractivity contribution in [1.29, 1.82) is 0 Å². The van der Waals surface area contributed by atoms with Crippen molar-refractivity contribution in [2.45, 2.75) is 38.1 Å². The van der Waals surface area contributed by atoms with Gasteiger partial charge >= 0.3 is 11.6 Å². The molecule has 0 radical (unpaired) electrons. The average Bonchev–Trinajstić information content (AvgIpc) is 2.83. The largest absolute Gasteiger partial charge is 0.496 e. The Morgan fingerprint density at radius 1 is 1.09 bits per heavy atom. The summed E-state index contributed by atoms with van der Waals surface area (Å²) in [6, 6.07) is 11.7. The third-order valence-electron chi connectivity index (χ3n) is 5.70. The first-order valence-electron chi connectivity index (χ1n) is 11.0. The second kappa shape index (κ2) is 10.7. The van der Waals surface area contributed by atoms with Gasteiger partial charge in [-0.15, -0.1) is 0 Å². The Hall–Kier alpha value is -3.39. The lowest BCUT2D eigenvalue weighted by molar-refractivity contribution is -0.128. The first-order valence-corrected chi connectivity index (χ1v) is 11.8. The maximum atomic E-state index is 12.6. The van der Waals surface area contributed by atoms with Gasteiger partial charge in [-0.3, -0.25) is 4.79 Å². The number of halogens is 1. The molecule has 1 saturated carbocycles. The van der Waals surface area contributed by atoms with Crippen LogP contribution in [0.2, 0.25) is 0 Å². The lowest BCUT2D eigenvalue weighted by Crippen LogP contribution is -2.38. The Kier molecular flexibility index (Phi) is 7.47. The standard InChI is InChI=1S/C26H24BrNO6/c1-32-22-11-7-16(13-21(22)27)8-12-24(29)33-19-10-9-17-14-20(26(31)34-23(17)15-19)25(30)28-18-5-3-2-4-6-18/h7-15,18H,2-6H2,1H3,(H,28,30)/b12-8+. The molecule has 34 heavy (non-hydrogen) atoms. The third-order valence-corrected chi connectivity index (χ3v) is 6.32. The van der Waals surface area contributed by atoms with Gasteiger partial charge < -0.3 is 19.2 Å². The van der Waals surface area contributed by atoms with Gasteiger partial charge in [0, 0.05) is 23.6 Å². The molecule has 0 unspecified atom stereocenters. The molecule has 1 amide bonds. The fourth-order valence-corrected chi connectivity index (χ4v) is 4.48. The van der Waals surface area contributed by atoms with Gasteiger partial charge in [-0.2, -0.15) is 0 Å². The first kappa shape index (κ1) is 23.8. The Morgan fingerprint density at radius 3 is 2.62 bits per heavy atom. The molecule has 1 aromatic heterocycles. The summed E-state index contributed by atoms with van der Waals surface area (Å²) >= 11 is 3.40. The molecule has 1 heterocycles. The van der Waals surface area contributed by atoms with Gasteiger partial charge in [0.1, 0.15) is 22.6 Å². The number of carbonyl (C=O) groups is 2. The van der Waals surface area contributed by atoms with E-state index in [4.69, 9.17) is 13.9 Å². The highest BCUT2D eigenvalue weighted by Crippen LogP contribution is 2.26. The van der Waals surface area contributed by atoms with E-state index in [1.165, 1.54) is 24.6 Å². The van der Waals surface area contributed by atoms with Gasteiger partial charge in [0.05, 0.1) is 11.6 Å². The summed E-state index contributed by atoms with van der Waals surface area (Å²) < 4.78 is 16.6. The predicted molar refractivity (Wildman–Crippen MR) is 132 cm³/mol. The molecule has 176 valence electrons. The van der Waals surface area contributed by atoms with Crippen molar-refractivity contribution in [3.63, 3.8) is 0 Å². The molecule has 3 aromatic rings. The topological polar surface area (TPSA) is 94.8 Å². The monoisotopic (exact) mass is 525 g/mol. The molecular weight excluding hydrogens is 502 g/mol. The molecular formula is C26H24BrNO6. The minimum absolute atomic E-state index is 0.0311. The van der Waals surface area contributed by atoms with Crippen LogP contribution in [-0.4, -0.2) is 25.0 Å². The second-order valence-electron chi connectivity index (χ2n) is 8.10. The van der Waals surface area contributed by atoms with Crippen molar-refractivity contribution < 1.29 is 23.5 Å². The number of rotatable bonds is 6. The van der Waals surface area contributed by atoms with E-state index in [0.29, 0.717) is 11.1 Å². The normalized spacial score (nSPS) is 14.3. The number of benzene rings is 2. The summed E-state index contributed by atoms with van der Waals surface area (Å²) in [6.45, 7) is 0. The predicted octanol–water partition coefficient (Wildman–Crippen LogP) is 5.25. The fraction of sp³-hybridized carbons (Fsp3) is 0.269. The molecule has 1 aliphatic carbocycles. The number of hydrogen-bond donors (Lipinski definition) is 1. The zero-order valence-corrected chi connectivity index (χ0v) is 20.2. The molecule has 4 rings (SSSR count). The number of ether oxygens (including phenoxy) is 2. The van der Waals surface area contributed by atoms with Crippen LogP contribution in [0.15, 0.2) is 62.2 Å². The van der Waals surface area contributed by atoms with E-state index in [2.05, 4.69) is 21.2 Å². The van der Waals surface area contributed by atoms with E-state index in [1.54, 1.807) is 37.5 Å². The molecule has 0 spiro atoms. The summed E-state index contributed by atoms with van der Waals surface area (Å²) in [5, 5.41) is 3.49. The molecule has 1 aliphatic rings. The van der Waals surface area contributed by atoms with Crippen molar-refractivity contribution >= 4 is 44.9 Å². The third kappa shape index (κ3) is 5.75. The smallest absolute Gasteiger partial charge is 0.349 e. The Labute approximate surface area is 204 Å². The highest BCUT2D eigenvalue weighted by molar-refractivity contribution is 9.10. The number of esters is 1. The minimum atomic E-state index is -0.728. The highest BCUT2D eigenvalue weighted by atomic mass is 79.9. The van der Waals surface area contributed by atoms with E-state index in [9.17, 15) is 14.4 Å². The van der Waals surface area contributed by atoms with Crippen LogP contribution in [0.3, 0.4) is 0 Å². The first-order chi connectivity index (χ1) is 16.4. The van der Waals surface area contributed by atoms with Crippen LogP contribution in [0.4, 0.5) is 0 Å². The molecule has 1 N–H and O–H groups in total. The van der Waals surface area contributed by atoms with E-state index < -0.39 is 17.5 Å². The summed E-state index contributed by atoms with van der Waals surface area (Å²) in [7, 11) is 1.58. The minimum Gasteiger partial charge on any atom is -0.496 e. The fourth-order valence-electron chi connectivity index (χ4n) is 3.92. The van der Waals surface area contributed by atoms with Gasteiger partial charge in [-0.05, 0) is 70.7 Å². The van der Waals surface area contributed by atoms with Crippen molar-refractivity contribution in [1.82, 2.24) is 5.32 Å². The van der Waals surface area contributed by atoms with E-state index in [0.717, 1.165) is 35.7 Å². The molecule has 2 aromatic carbocycles. The zero-order chi connectivity index (χ0) is 24.1. The van der Waals surface area contributed by atoms with Gasteiger partial charge in [-0.25, -0.2) is 9.59 Å². The van der Waals surface area contributed by atoms with Crippen LogP contribution in [0, 0.1) is 0 Å². The summed E-state index contributed by atoms with van der Waals surface area (Å²) in [5.41, 5.74) is 0.256.